The van der Waals surface area contributed by atoms with Gasteiger partial charge in [0.25, 0.3) is 0 Å². The van der Waals surface area contributed by atoms with Gasteiger partial charge >= 0.3 is 0 Å². The van der Waals surface area contributed by atoms with Gasteiger partial charge in [-0.25, -0.2) is 0 Å². The summed E-state index contributed by atoms with van der Waals surface area (Å²) in [6, 6.07) is 7.96. The zero-order valence-corrected chi connectivity index (χ0v) is 15.1. The second-order valence-corrected chi connectivity index (χ2v) is 7.07. The van der Waals surface area contributed by atoms with Crippen LogP contribution in [0.15, 0.2) is 36.7 Å². The quantitative estimate of drug-likeness (QED) is 0.914. The number of amides is 1. The summed E-state index contributed by atoms with van der Waals surface area (Å²) in [6.07, 6.45) is 3.77. The number of methoxy groups -OCH3 is 1. The molecule has 4 nitrogen and oxygen atoms in total. The number of benzene rings is 1. The summed E-state index contributed by atoms with van der Waals surface area (Å²) in [6.45, 7) is 8.97. The van der Waals surface area contributed by atoms with Gasteiger partial charge in [0.1, 0.15) is 5.75 Å². The van der Waals surface area contributed by atoms with Gasteiger partial charge in [-0.15, -0.1) is 0 Å². The molecule has 0 aliphatic carbocycles. The van der Waals surface area contributed by atoms with Crippen LogP contribution in [0.1, 0.15) is 43.0 Å². The maximum absolute atomic E-state index is 12.3. The Hall–Kier alpha value is -2.36. The van der Waals surface area contributed by atoms with E-state index in [9.17, 15) is 4.79 Å². The maximum atomic E-state index is 12.3. The van der Waals surface area contributed by atoms with Crippen LogP contribution in [0.4, 0.5) is 0 Å². The van der Waals surface area contributed by atoms with Crippen LogP contribution in [0.3, 0.4) is 0 Å². The van der Waals surface area contributed by atoms with Gasteiger partial charge in [-0.2, -0.15) is 0 Å². The van der Waals surface area contributed by atoms with Crippen molar-refractivity contribution < 1.29 is 9.53 Å². The molecule has 0 radical (unpaired) electrons. The van der Waals surface area contributed by atoms with E-state index in [0.717, 1.165) is 28.0 Å². The Morgan fingerprint density at radius 1 is 1.29 bits per heavy atom. The monoisotopic (exact) mass is 326 g/mol. The smallest absolute Gasteiger partial charge is 0.224 e. The van der Waals surface area contributed by atoms with Crippen LogP contribution in [0.25, 0.3) is 0 Å². The highest BCUT2D eigenvalue weighted by Crippen LogP contribution is 2.35. The largest absolute Gasteiger partial charge is 0.496 e. The summed E-state index contributed by atoms with van der Waals surface area (Å²) in [5, 5.41) is 2.94. The Bertz CT molecular complexity index is 704. The van der Waals surface area contributed by atoms with Gasteiger partial charge in [-0.3, -0.25) is 9.78 Å². The topological polar surface area (TPSA) is 51.2 Å². The number of aromatic nitrogens is 1. The average Bonchev–Trinajstić information content (AvgIpc) is 2.52. The molecule has 1 amide bonds. The predicted octanol–water partition coefficient (Wildman–Crippen LogP) is 3.56. The van der Waals surface area contributed by atoms with Crippen molar-refractivity contribution in [3.05, 3.63) is 58.9 Å². The van der Waals surface area contributed by atoms with Crippen LogP contribution in [0.2, 0.25) is 0 Å². The number of aryl methyl sites for hydroxylation is 1. The normalized spacial score (nSPS) is 11.2. The lowest BCUT2D eigenvalue weighted by molar-refractivity contribution is -0.120. The number of nitrogens with one attached hydrogen (secondary N) is 1. The van der Waals surface area contributed by atoms with Gasteiger partial charge < -0.3 is 10.1 Å². The first-order chi connectivity index (χ1) is 11.3. The molecule has 2 rings (SSSR count). The number of carbonyl (C=O) groups is 1. The van der Waals surface area contributed by atoms with Crippen LogP contribution >= 0.6 is 0 Å². The van der Waals surface area contributed by atoms with Crippen molar-refractivity contribution in [1.29, 1.82) is 0 Å². The fraction of sp³-hybridized carbons (Fsp3) is 0.400. The molecule has 0 fully saturated rings. The number of carbonyl (C=O) groups excluding carboxylic acids is 1. The molecule has 1 aromatic heterocycles. The van der Waals surface area contributed by atoms with Crippen LogP contribution in [0.5, 0.6) is 5.75 Å². The number of hydrogen-bond donors (Lipinski definition) is 1. The number of ether oxygens (including phenoxy) is 1. The first kappa shape index (κ1) is 18.0. The van der Waals surface area contributed by atoms with Crippen molar-refractivity contribution in [2.24, 2.45) is 0 Å². The second kappa shape index (κ2) is 7.47. The summed E-state index contributed by atoms with van der Waals surface area (Å²) >= 11 is 0. The molecule has 0 saturated heterocycles. The molecule has 0 atom stereocenters. The molecule has 0 spiro atoms. The number of pyridine rings is 1. The molecule has 1 N–H and O–H groups in total. The van der Waals surface area contributed by atoms with E-state index in [1.807, 2.05) is 25.1 Å². The Labute approximate surface area is 144 Å². The molecule has 1 aromatic carbocycles. The van der Waals surface area contributed by atoms with Gasteiger partial charge in [-0.05, 0) is 24.0 Å². The third-order valence-corrected chi connectivity index (χ3v) is 3.89. The first-order valence-electron chi connectivity index (χ1n) is 8.15. The molecular weight excluding hydrogens is 300 g/mol. The molecule has 0 aliphatic rings. The van der Waals surface area contributed by atoms with Crippen molar-refractivity contribution >= 4 is 5.91 Å². The fourth-order valence-corrected chi connectivity index (χ4v) is 2.72. The van der Waals surface area contributed by atoms with E-state index in [-0.39, 0.29) is 11.3 Å². The number of nitrogens with zero attached hydrogens (tertiary/aromatic N) is 1. The molecule has 0 bridgehead atoms. The van der Waals surface area contributed by atoms with E-state index in [4.69, 9.17) is 4.74 Å². The zero-order chi connectivity index (χ0) is 17.7. The Balaban J connectivity index is 2.16. The van der Waals surface area contributed by atoms with E-state index in [1.54, 1.807) is 19.5 Å². The highest BCUT2D eigenvalue weighted by Gasteiger charge is 2.22. The first-order valence-corrected chi connectivity index (χ1v) is 8.15. The minimum atomic E-state index is -0.0434. The molecule has 4 heteroatoms. The van der Waals surface area contributed by atoms with E-state index in [1.165, 1.54) is 0 Å². The lowest BCUT2D eigenvalue weighted by atomic mass is 9.83. The summed E-state index contributed by atoms with van der Waals surface area (Å²) in [7, 11) is 1.66. The van der Waals surface area contributed by atoms with E-state index >= 15 is 0 Å². The summed E-state index contributed by atoms with van der Waals surface area (Å²) < 4.78 is 5.63. The molecule has 1 heterocycles. The van der Waals surface area contributed by atoms with Crippen molar-refractivity contribution in [2.75, 3.05) is 7.11 Å². The van der Waals surface area contributed by atoms with Crippen molar-refractivity contribution in [2.45, 2.75) is 46.1 Å². The van der Waals surface area contributed by atoms with Gasteiger partial charge in [-0.1, -0.05) is 44.5 Å². The number of rotatable bonds is 5. The zero-order valence-electron chi connectivity index (χ0n) is 15.1. The van der Waals surface area contributed by atoms with Crippen molar-refractivity contribution in [1.82, 2.24) is 10.3 Å². The summed E-state index contributed by atoms with van der Waals surface area (Å²) in [5.74, 6) is 0.784. The Kier molecular flexibility index (Phi) is 5.60. The lowest BCUT2D eigenvalue weighted by Gasteiger charge is -2.24. The third-order valence-electron chi connectivity index (χ3n) is 3.89. The lowest BCUT2D eigenvalue weighted by Crippen LogP contribution is -2.25. The SMILES string of the molecule is COc1c(CC(=O)NCc2cccnc2)cc(C)cc1C(C)(C)C. The summed E-state index contributed by atoms with van der Waals surface area (Å²) in [5.41, 5.74) is 4.12. The average molecular weight is 326 g/mol. The Morgan fingerprint density at radius 2 is 2.04 bits per heavy atom. The molecule has 128 valence electrons. The minimum absolute atomic E-state index is 0.0254. The minimum Gasteiger partial charge on any atom is -0.496 e. The van der Waals surface area contributed by atoms with Crippen LogP contribution < -0.4 is 10.1 Å². The highest BCUT2D eigenvalue weighted by atomic mass is 16.5. The number of hydrogen-bond acceptors (Lipinski definition) is 3. The second-order valence-electron chi connectivity index (χ2n) is 7.07. The van der Waals surface area contributed by atoms with E-state index in [0.29, 0.717) is 13.0 Å². The Morgan fingerprint density at radius 3 is 2.62 bits per heavy atom. The molecule has 2 aromatic rings. The van der Waals surface area contributed by atoms with E-state index in [2.05, 4.69) is 37.1 Å². The van der Waals surface area contributed by atoms with Gasteiger partial charge in [0, 0.05) is 30.1 Å². The van der Waals surface area contributed by atoms with Crippen molar-refractivity contribution in [3.8, 4) is 5.75 Å². The predicted molar refractivity (Wildman–Crippen MR) is 96.2 cm³/mol. The molecular formula is C20H26N2O2. The van der Waals surface area contributed by atoms with Gasteiger partial charge in [0.05, 0.1) is 13.5 Å². The molecule has 24 heavy (non-hydrogen) atoms. The standard InChI is InChI=1S/C20H26N2O2/c1-14-9-16(19(24-5)17(10-14)20(2,3)4)11-18(23)22-13-15-7-6-8-21-12-15/h6-10,12H,11,13H2,1-5H3,(H,22,23). The molecule has 0 unspecified atom stereocenters. The third kappa shape index (κ3) is 4.57. The van der Waals surface area contributed by atoms with Gasteiger partial charge in [0.15, 0.2) is 0 Å². The van der Waals surface area contributed by atoms with Crippen molar-refractivity contribution in [3.63, 3.8) is 0 Å². The molecule has 0 aliphatic heterocycles. The van der Waals surface area contributed by atoms with Gasteiger partial charge in [0.2, 0.25) is 5.91 Å². The fourth-order valence-electron chi connectivity index (χ4n) is 2.72. The van der Waals surface area contributed by atoms with Crippen LogP contribution in [-0.2, 0) is 23.2 Å². The van der Waals surface area contributed by atoms with Crippen LogP contribution in [-0.4, -0.2) is 18.0 Å². The van der Waals surface area contributed by atoms with E-state index < -0.39 is 0 Å². The van der Waals surface area contributed by atoms with Crippen LogP contribution in [0, 0.1) is 6.92 Å². The molecule has 0 saturated carbocycles. The summed E-state index contributed by atoms with van der Waals surface area (Å²) in [4.78, 5) is 16.4. The maximum Gasteiger partial charge on any atom is 0.224 e. The highest BCUT2D eigenvalue weighted by molar-refractivity contribution is 5.79.